The molecular weight excluding hydrogens is 256 g/mol. The van der Waals surface area contributed by atoms with Crippen LogP contribution in [0.1, 0.15) is 65.7 Å². The minimum atomic E-state index is 0.400. The molecule has 3 rings (SSSR count). The van der Waals surface area contributed by atoms with E-state index in [2.05, 4.69) is 37.1 Å². The summed E-state index contributed by atoms with van der Waals surface area (Å²) in [6.07, 6.45) is 12.6. The Labute approximate surface area is 131 Å². The van der Waals surface area contributed by atoms with Gasteiger partial charge in [-0.25, -0.2) is 0 Å². The van der Waals surface area contributed by atoms with Crippen LogP contribution in [0.5, 0.6) is 0 Å². The van der Waals surface area contributed by atoms with Gasteiger partial charge in [-0.2, -0.15) is 0 Å². The molecule has 0 aromatic rings. The van der Waals surface area contributed by atoms with Crippen molar-refractivity contribution in [2.75, 3.05) is 19.6 Å². The predicted octanol–water partition coefficient (Wildman–Crippen LogP) is 3.98. The zero-order valence-electron chi connectivity index (χ0n) is 14.3. The summed E-state index contributed by atoms with van der Waals surface area (Å²) >= 11 is 0. The van der Waals surface area contributed by atoms with E-state index >= 15 is 0 Å². The fourth-order valence-electron chi connectivity index (χ4n) is 4.50. The molecule has 0 bridgehead atoms. The normalized spacial score (nSPS) is 35.7. The second-order valence-corrected chi connectivity index (χ2v) is 8.20. The van der Waals surface area contributed by atoms with Crippen LogP contribution in [0.2, 0.25) is 0 Å². The summed E-state index contributed by atoms with van der Waals surface area (Å²) in [4.78, 5) is 2.81. The second-order valence-electron chi connectivity index (χ2n) is 8.20. The Morgan fingerprint density at radius 2 is 1.86 bits per heavy atom. The number of nitrogens with zero attached hydrogens (tertiary/aromatic N) is 1. The van der Waals surface area contributed by atoms with Gasteiger partial charge in [-0.1, -0.05) is 30.9 Å². The maximum atomic E-state index is 3.96. The van der Waals surface area contributed by atoms with Crippen molar-refractivity contribution in [1.29, 1.82) is 0 Å². The lowest BCUT2D eigenvalue weighted by Gasteiger charge is -2.50. The van der Waals surface area contributed by atoms with Gasteiger partial charge in [0.15, 0.2) is 0 Å². The zero-order valence-corrected chi connectivity index (χ0v) is 14.3. The van der Waals surface area contributed by atoms with Crippen LogP contribution in [0.15, 0.2) is 11.6 Å². The van der Waals surface area contributed by atoms with Crippen molar-refractivity contribution in [3.63, 3.8) is 0 Å². The lowest BCUT2D eigenvalue weighted by Crippen LogP contribution is -2.65. The van der Waals surface area contributed by atoms with Crippen molar-refractivity contribution in [3.8, 4) is 0 Å². The van der Waals surface area contributed by atoms with Gasteiger partial charge < -0.3 is 5.32 Å². The highest BCUT2D eigenvalue weighted by Crippen LogP contribution is 2.44. The molecule has 0 spiro atoms. The van der Waals surface area contributed by atoms with Gasteiger partial charge >= 0.3 is 0 Å². The Balaban J connectivity index is 1.68. The van der Waals surface area contributed by atoms with Gasteiger partial charge in [-0.15, -0.1) is 0 Å². The summed E-state index contributed by atoms with van der Waals surface area (Å²) in [6.45, 7) is 10.6. The summed E-state index contributed by atoms with van der Waals surface area (Å²) in [5.41, 5.74) is 1.86. The Bertz CT molecular complexity index is 375. The van der Waals surface area contributed by atoms with Gasteiger partial charge in [0.2, 0.25) is 0 Å². The highest BCUT2D eigenvalue weighted by Gasteiger charge is 2.48. The third kappa shape index (κ3) is 3.53. The van der Waals surface area contributed by atoms with Crippen LogP contribution in [0.25, 0.3) is 0 Å². The largest absolute Gasteiger partial charge is 0.311 e. The van der Waals surface area contributed by atoms with Crippen molar-refractivity contribution in [1.82, 2.24) is 10.2 Å². The summed E-state index contributed by atoms with van der Waals surface area (Å²) in [7, 11) is 0. The number of hydrogen-bond donors (Lipinski definition) is 1. The molecule has 1 heterocycles. The van der Waals surface area contributed by atoms with Crippen molar-refractivity contribution in [2.24, 2.45) is 11.8 Å². The van der Waals surface area contributed by atoms with Crippen LogP contribution in [-0.2, 0) is 0 Å². The molecule has 0 amide bonds. The van der Waals surface area contributed by atoms with E-state index in [1.165, 1.54) is 63.6 Å². The van der Waals surface area contributed by atoms with E-state index in [0.29, 0.717) is 5.54 Å². The van der Waals surface area contributed by atoms with E-state index in [9.17, 15) is 0 Å². The van der Waals surface area contributed by atoms with Crippen LogP contribution in [0, 0.1) is 11.8 Å². The minimum absolute atomic E-state index is 0.400. The van der Waals surface area contributed by atoms with Gasteiger partial charge in [0, 0.05) is 31.2 Å². The Hall–Kier alpha value is -0.340. The Morgan fingerprint density at radius 1 is 1.14 bits per heavy atom. The van der Waals surface area contributed by atoms with Gasteiger partial charge in [0.05, 0.1) is 0 Å². The molecule has 2 aliphatic carbocycles. The van der Waals surface area contributed by atoms with Crippen LogP contribution in [0.4, 0.5) is 0 Å². The number of hydrogen-bond acceptors (Lipinski definition) is 2. The van der Waals surface area contributed by atoms with Crippen molar-refractivity contribution < 1.29 is 0 Å². The number of piperazine rings is 1. The Kier molecular flexibility index (Phi) is 4.75. The quantitative estimate of drug-likeness (QED) is 0.788. The van der Waals surface area contributed by atoms with Crippen LogP contribution in [0.3, 0.4) is 0 Å². The van der Waals surface area contributed by atoms with Gasteiger partial charge in [-0.3, -0.25) is 4.90 Å². The number of rotatable bonds is 4. The summed E-state index contributed by atoms with van der Waals surface area (Å²) in [6, 6.07) is 0.739. The monoisotopic (exact) mass is 290 g/mol. The predicted molar refractivity (Wildman–Crippen MR) is 90.5 cm³/mol. The summed E-state index contributed by atoms with van der Waals surface area (Å²) in [5, 5.41) is 3.96. The first kappa shape index (κ1) is 15.6. The highest BCUT2D eigenvalue weighted by molar-refractivity contribution is 5.08. The minimum Gasteiger partial charge on any atom is -0.311 e. The maximum absolute atomic E-state index is 3.96. The van der Waals surface area contributed by atoms with E-state index in [-0.39, 0.29) is 0 Å². The Morgan fingerprint density at radius 3 is 2.48 bits per heavy atom. The molecule has 1 aliphatic heterocycles. The molecule has 1 N–H and O–H groups in total. The zero-order chi connectivity index (χ0) is 14.9. The molecule has 0 aromatic heterocycles. The molecule has 3 aliphatic rings. The fourth-order valence-corrected chi connectivity index (χ4v) is 4.50. The molecule has 2 heteroatoms. The smallest absolute Gasteiger partial charge is 0.0337 e. The van der Waals surface area contributed by atoms with E-state index < -0.39 is 0 Å². The third-order valence-corrected chi connectivity index (χ3v) is 6.26. The first-order chi connectivity index (χ1) is 10.1. The molecule has 3 fully saturated rings. The second kappa shape index (κ2) is 6.42. The molecule has 21 heavy (non-hydrogen) atoms. The van der Waals surface area contributed by atoms with Crippen LogP contribution >= 0.6 is 0 Å². The lowest BCUT2D eigenvalue weighted by molar-refractivity contribution is 0.0268. The van der Waals surface area contributed by atoms with Gasteiger partial charge in [0.1, 0.15) is 0 Å². The maximum Gasteiger partial charge on any atom is 0.0337 e. The fraction of sp³-hybridized carbons (Fsp3) is 0.895. The molecule has 2 atom stereocenters. The van der Waals surface area contributed by atoms with E-state index in [1.807, 2.05) is 0 Å². The highest BCUT2D eigenvalue weighted by atomic mass is 15.3. The van der Waals surface area contributed by atoms with E-state index in [1.54, 1.807) is 0 Å². The number of nitrogens with one attached hydrogen (secondary N) is 1. The van der Waals surface area contributed by atoms with Crippen LogP contribution < -0.4 is 5.32 Å². The van der Waals surface area contributed by atoms with Crippen LogP contribution in [-0.4, -0.2) is 36.1 Å². The first-order valence-corrected chi connectivity index (χ1v) is 9.21. The van der Waals surface area contributed by atoms with Crippen molar-refractivity contribution in [2.45, 2.75) is 77.3 Å². The first-order valence-electron chi connectivity index (χ1n) is 9.21. The standard InChI is InChI=1S/C19H34N2/c1-15(2)11-12-21-13-18(16-7-5-4-6-8-16)20-14-19(21,3)17-9-10-17/h11,16-18,20H,4-10,12-14H2,1-3H3. The third-order valence-electron chi connectivity index (χ3n) is 6.26. The summed E-state index contributed by atoms with van der Waals surface area (Å²) < 4.78 is 0. The average molecular weight is 290 g/mol. The lowest BCUT2D eigenvalue weighted by atomic mass is 9.80. The average Bonchev–Trinajstić information content (AvgIpc) is 3.32. The molecule has 2 saturated carbocycles. The topological polar surface area (TPSA) is 15.3 Å². The molecule has 0 aromatic carbocycles. The number of allylic oxidation sites excluding steroid dienone is 1. The summed E-state index contributed by atoms with van der Waals surface area (Å²) in [5.74, 6) is 1.86. The van der Waals surface area contributed by atoms with E-state index in [4.69, 9.17) is 0 Å². The SMILES string of the molecule is CC(C)=CCN1CC(C2CCCCC2)NCC1(C)C1CC1. The van der Waals surface area contributed by atoms with E-state index in [0.717, 1.165) is 24.4 Å². The van der Waals surface area contributed by atoms with Crippen molar-refractivity contribution in [3.05, 3.63) is 11.6 Å². The molecule has 120 valence electrons. The van der Waals surface area contributed by atoms with Gasteiger partial charge in [-0.05, 0) is 58.3 Å². The molecule has 1 saturated heterocycles. The molecular formula is C19H34N2. The van der Waals surface area contributed by atoms with Crippen molar-refractivity contribution >= 4 is 0 Å². The molecule has 2 nitrogen and oxygen atoms in total. The van der Waals surface area contributed by atoms with Gasteiger partial charge in [0.25, 0.3) is 0 Å². The molecule has 0 radical (unpaired) electrons. The molecule has 2 unspecified atom stereocenters.